The van der Waals surface area contributed by atoms with Gasteiger partial charge in [0, 0.05) is 17.8 Å². The number of nitrogens with one attached hydrogen (secondary N) is 1. The Bertz CT molecular complexity index is 822. The van der Waals surface area contributed by atoms with Gasteiger partial charge in [-0.25, -0.2) is 9.69 Å². The summed E-state index contributed by atoms with van der Waals surface area (Å²) in [6.45, 7) is 0.258. The van der Waals surface area contributed by atoms with E-state index >= 15 is 0 Å². The number of benzene rings is 2. The van der Waals surface area contributed by atoms with Gasteiger partial charge in [-0.2, -0.15) is 0 Å². The highest BCUT2D eigenvalue weighted by molar-refractivity contribution is 6.12. The van der Waals surface area contributed by atoms with Crippen LogP contribution in [0.5, 0.6) is 23.0 Å². The zero-order chi connectivity index (χ0) is 16.5. The Hall–Kier alpha value is -3.42. The lowest BCUT2D eigenvalue weighted by Crippen LogP contribution is -2.33. The fraction of sp³-hybridized carbons (Fsp3) is 0.125. The molecule has 0 atom stereocenters. The Morgan fingerprint density at radius 3 is 2.25 bits per heavy atom. The number of fused-ring (bicyclic) bond motifs is 2. The summed E-state index contributed by atoms with van der Waals surface area (Å²) in [4.78, 5) is 24.7. The van der Waals surface area contributed by atoms with Crippen molar-refractivity contribution in [3.8, 4) is 23.0 Å². The third kappa shape index (κ3) is 2.43. The van der Waals surface area contributed by atoms with Crippen LogP contribution >= 0.6 is 0 Å². The molecule has 2 aliphatic rings. The van der Waals surface area contributed by atoms with Crippen molar-refractivity contribution in [3.63, 3.8) is 0 Å². The van der Waals surface area contributed by atoms with Gasteiger partial charge in [-0.15, -0.1) is 0 Å². The number of nitrogens with zero attached hydrogens (tertiary/aromatic N) is 1. The Labute approximate surface area is 136 Å². The van der Waals surface area contributed by atoms with E-state index in [9.17, 15) is 9.59 Å². The van der Waals surface area contributed by atoms with Gasteiger partial charge in [-0.3, -0.25) is 4.79 Å². The van der Waals surface area contributed by atoms with Crippen molar-refractivity contribution in [2.24, 2.45) is 0 Å². The molecule has 1 N–H and O–H groups in total. The number of anilines is 2. The molecule has 0 unspecified atom stereocenters. The minimum absolute atomic E-state index is 0.114. The Kier molecular flexibility index (Phi) is 3.34. The second-order valence-corrected chi connectivity index (χ2v) is 5.01. The molecule has 0 bridgehead atoms. The maximum Gasteiger partial charge on any atom is 0.332 e. The topological polar surface area (TPSA) is 86.3 Å². The van der Waals surface area contributed by atoms with Crippen LogP contribution in [0.1, 0.15) is 0 Å². The lowest BCUT2D eigenvalue weighted by Gasteiger charge is -2.17. The summed E-state index contributed by atoms with van der Waals surface area (Å²) in [7, 11) is 0. The minimum atomic E-state index is -0.609. The van der Waals surface area contributed by atoms with Crippen molar-refractivity contribution in [1.29, 1.82) is 0 Å². The molecule has 0 saturated carbocycles. The van der Waals surface area contributed by atoms with Crippen molar-refractivity contribution >= 4 is 23.8 Å². The van der Waals surface area contributed by atoms with Crippen LogP contribution in [0.3, 0.4) is 0 Å². The standard InChI is InChI=1S/C16H12N2O6/c19-7-18(11-2-4-13-15(6-11)24-9-22-13)16(20)17-10-1-3-12-14(5-10)23-8-21-12/h1-7H,8-9H2,(H,17,20). The number of rotatable bonds is 3. The number of carbonyl (C=O) groups excluding carboxylic acids is 2. The van der Waals surface area contributed by atoms with Crippen molar-refractivity contribution < 1.29 is 28.5 Å². The molecule has 2 heterocycles. The van der Waals surface area contributed by atoms with Crippen LogP contribution in [0.4, 0.5) is 16.2 Å². The zero-order valence-electron chi connectivity index (χ0n) is 12.4. The van der Waals surface area contributed by atoms with E-state index in [0.29, 0.717) is 40.8 Å². The van der Waals surface area contributed by atoms with E-state index in [0.717, 1.165) is 4.90 Å². The third-order valence-electron chi connectivity index (χ3n) is 3.58. The molecule has 8 heteroatoms. The molecule has 0 fully saturated rings. The van der Waals surface area contributed by atoms with Gasteiger partial charge in [-0.1, -0.05) is 0 Å². The normalized spacial score (nSPS) is 13.5. The highest BCUT2D eigenvalue weighted by atomic mass is 16.7. The highest BCUT2D eigenvalue weighted by Crippen LogP contribution is 2.36. The number of urea groups is 1. The molecular formula is C16H12N2O6. The number of carbonyl (C=O) groups is 2. The van der Waals surface area contributed by atoms with E-state index in [-0.39, 0.29) is 13.6 Å². The molecule has 0 aromatic heterocycles. The summed E-state index contributed by atoms with van der Waals surface area (Å²) >= 11 is 0. The quantitative estimate of drug-likeness (QED) is 0.870. The molecule has 0 saturated heterocycles. The molecule has 0 spiro atoms. The van der Waals surface area contributed by atoms with Gasteiger partial charge < -0.3 is 24.3 Å². The largest absolute Gasteiger partial charge is 0.454 e. The number of amides is 3. The number of imide groups is 1. The van der Waals surface area contributed by atoms with Crippen molar-refractivity contribution in [2.45, 2.75) is 0 Å². The molecule has 8 nitrogen and oxygen atoms in total. The summed E-state index contributed by atoms with van der Waals surface area (Å²) in [5.74, 6) is 2.19. The van der Waals surface area contributed by atoms with E-state index in [1.165, 1.54) is 0 Å². The summed E-state index contributed by atoms with van der Waals surface area (Å²) in [5.41, 5.74) is 0.851. The minimum Gasteiger partial charge on any atom is -0.454 e. The summed E-state index contributed by atoms with van der Waals surface area (Å²) in [6.07, 6.45) is 0.430. The molecule has 3 amide bonds. The van der Waals surface area contributed by atoms with Crippen LogP contribution in [0.2, 0.25) is 0 Å². The maximum absolute atomic E-state index is 12.4. The molecule has 2 aliphatic heterocycles. The van der Waals surface area contributed by atoms with Gasteiger partial charge in [0.15, 0.2) is 23.0 Å². The van der Waals surface area contributed by atoms with E-state index in [4.69, 9.17) is 18.9 Å². The Balaban J connectivity index is 1.54. The van der Waals surface area contributed by atoms with Gasteiger partial charge in [0.1, 0.15) is 0 Å². The van der Waals surface area contributed by atoms with Crippen molar-refractivity contribution in [2.75, 3.05) is 23.8 Å². The van der Waals surface area contributed by atoms with Gasteiger partial charge in [0.2, 0.25) is 20.0 Å². The van der Waals surface area contributed by atoms with Crippen LogP contribution < -0.4 is 29.2 Å². The number of ether oxygens (including phenoxy) is 4. The van der Waals surface area contributed by atoms with E-state index in [2.05, 4.69) is 5.32 Å². The van der Waals surface area contributed by atoms with Crippen molar-refractivity contribution in [3.05, 3.63) is 36.4 Å². The first-order chi connectivity index (χ1) is 11.7. The molecule has 122 valence electrons. The fourth-order valence-corrected chi connectivity index (χ4v) is 2.42. The zero-order valence-corrected chi connectivity index (χ0v) is 12.4. The van der Waals surface area contributed by atoms with Gasteiger partial charge in [0.25, 0.3) is 0 Å². The summed E-state index contributed by atoms with van der Waals surface area (Å²) < 4.78 is 20.9. The van der Waals surface area contributed by atoms with E-state index in [1.54, 1.807) is 36.4 Å². The smallest absolute Gasteiger partial charge is 0.332 e. The monoisotopic (exact) mass is 328 g/mol. The maximum atomic E-state index is 12.4. The number of hydrogen-bond donors (Lipinski definition) is 1. The molecule has 2 aromatic rings. The van der Waals surface area contributed by atoms with Crippen LogP contribution in [0, 0.1) is 0 Å². The predicted molar refractivity (Wildman–Crippen MR) is 82.7 cm³/mol. The predicted octanol–water partition coefficient (Wildman–Crippen LogP) is 2.34. The first-order valence-electron chi connectivity index (χ1n) is 7.09. The van der Waals surface area contributed by atoms with Gasteiger partial charge in [-0.05, 0) is 24.3 Å². The molecule has 24 heavy (non-hydrogen) atoms. The summed E-state index contributed by atoms with van der Waals surface area (Å²) in [6, 6.07) is 9.17. The first kappa shape index (κ1) is 14.2. The van der Waals surface area contributed by atoms with E-state index < -0.39 is 6.03 Å². The second kappa shape index (κ2) is 5.65. The van der Waals surface area contributed by atoms with Crippen LogP contribution in [-0.4, -0.2) is 26.0 Å². The average Bonchev–Trinajstić information content (AvgIpc) is 3.23. The lowest BCUT2D eigenvalue weighted by atomic mass is 10.2. The van der Waals surface area contributed by atoms with Crippen LogP contribution in [-0.2, 0) is 4.79 Å². The second-order valence-electron chi connectivity index (χ2n) is 5.01. The van der Waals surface area contributed by atoms with Gasteiger partial charge in [0.05, 0.1) is 5.69 Å². The van der Waals surface area contributed by atoms with Crippen LogP contribution in [0.25, 0.3) is 0 Å². The lowest BCUT2D eigenvalue weighted by molar-refractivity contribution is -0.106. The van der Waals surface area contributed by atoms with E-state index in [1.807, 2.05) is 0 Å². The van der Waals surface area contributed by atoms with Crippen LogP contribution in [0.15, 0.2) is 36.4 Å². The average molecular weight is 328 g/mol. The highest BCUT2D eigenvalue weighted by Gasteiger charge is 2.21. The Morgan fingerprint density at radius 1 is 0.917 bits per heavy atom. The fourth-order valence-electron chi connectivity index (χ4n) is 2.42. The molecule has 4 rings (SSSR count). The van der Waals surface area contributed by atoms with Gasteiger partial charge >= 0.3 is 6.03 Å². The summed E-state index contributed by atoms with van der Waals surface area (Å²) in [5, 5.41) is 2.64. The molecule has 0 aliphatic carbocycles. The third-order valence-corrected chi connectivity index (χ3v) is 3.58. The number of hydrogen-bond acceptors (Lipinski definition) is 6. The Morgan fingerprint density at radius 2 is 1.54 bits per heavy atom. The molecule has 2 aromatic carbocycles. The first-order valence-corrected chi connectivity index (χ1v) is 7.09. The van der Waals surface area contributed by atoms with Crippen molar-refractivity contribution in [1.82, 2.24) is 0 Å². The SMILES string of the molecule is O=CN(C(=O)Nc1ccc2c(c1)OCO2)c1ccc2c(c1)OCO2. The molecular weight excluding hydrogens is 316 g/mol. The molecule has 0 radical (unpaired) electrons.